The van der Waals surface area contributed by atoms with E-state index in [0.717, 1.165) is 33.4 Å². The van der Waals surface area contributed by atoms with E-state index in [0.29, 0.717) is 17.5 Å². The van der Waals surface area contributed by atoms with Gasteiger partial charge in [0.2, 0.25) is 0 Å². The number of aromatic nitrogens is 3. The Morgan fingerprint density at radius 2 is 0.358 bits per heavy atom. The SMILES string of the molecule is CCCCCCCCCC1(CCCCCCCCC)c2ccccc2-c2ccc(/C=C/c3ccc(-c4nc(-c5ccc(/C=C/c6ccc7c(c6)C(CCCCCCCCC)(CCCCCCCCC)c6ccccc6-7)cc5)nc(-c5ccc(/C=C/c6ccc7c(c6)C(CCCCCCCCC)(CCCCCCCCC)c6ccccc6-7)cc5)n4)cc3)cc21. The van der Waals surface area contributed by atoms with Crippen LogP contribution in [0.2, 0.25) is 0 Å². The average Bonchev–Trinajstić information content (AvgIpc) is 1.58. The Labute approximate surface area is 747 Å². The Hall–Kier alpha value is -8.79. The number of hydrogen-bond acceptors (Lipinski definition) is 3. The van der Waals surface area contributed by atoms with Crippen molar-refractivity contribution in [1.29, 1.82) is 0 Å². The number of benzene rings is 9. The molecule has 0 bridgehead atoms. The molecule has 123 heavy (non-hydrogen) atoms. The number of unbranched alkanes of at least 4 members (excludes halogenated alkanes) is 36. The molecule has 13 rings (SSSR count). The fourth-order valence-corrected chi connectivity index (χ4v) is 21.6. The van der Waals surface area contributed by atoms with Gasteiger partial charge in [0.15, 0.2) is 17.5 Å². The summed E-state index contributed by atoms with van der Waals surface area (Å²) >= 11 is 0. The molecule has 0 saturated heterocycles. The van der Waals surface area contributed by atoms with Crippen molar-refractivity contribution < 1.29 is 0 Å². The van der Waals surface area contributed by atoms with Crippen LogP contribution >= 0.6 is 0 Å². The summed E-state index contributed by atoms with van der Waals surface area (Å²) in [7, 11) is 0. The molecule has 0 spiro atoms. The Balaban J connectivity index is 0.783. The molecule has 1 heterocycles. The molecular formula is C120H153N3. The van der Waals surface area contributed by atoms with Gasteiger partial charge in [-0.1, -0.05) is 548 Å². The predicted octanol–water partition coefficient (Wildman–Crippen LogP) is 37.0. The molecule has 0 aliphatic heterocycles. The van der Waals surface area contributed by atoms with E-state index in [1.807, 2.05) is 0 Å². The van der Waals surface area contributed by atoms with Crippen molar-refractivity contribution in [3.05, 3.63) is 267 Å². The highest BCUT2D eigenvalue weighted by Crippen LogP contribution is 2.58. The smallest absolute Gasteiger partial charge is 0.164 e. The van der Waals surface area contributed by atoms with Gasteiger partial charge in [-0.2, -0.15) is 0 Å². The lowest BCUT2D eigenvalue weighted by Crippen LogP contribution is -2.25. The maximum atomic E-state index is 5.37. The third-order valence-electron chi connectivity index (χ3n) is 28.7. The maximum Gasteiger partial charge on any atom is 0.164 e. The van der Waals surface area contributed by atoms with E-state index in [2.05, 4.69) is 278 Å². The van der Waals surface area contributed by atoms with Crippen LogP contribution in [0.15, 0.2) is 200 Å². The van der Waals surface area contributed by atoms with Gasteiger partial charge in [0, 0.05) is 32.9 Å². The summed E-state index contributed by atoms with van der Waals surface area (Å²) in [6.45, 7) is 14.0. The Morgan fingerprint density at radius 1 is 0.179 bits per heavy atom. The zero-order valence-electron chi connectivity index (χ0n) is 77.3. The van der Waals surface area contributed by atoms with Gasteiger partial charge in [-0.15, -0.1) is 0 Å². The first-order valence-electron chi connectivity index (χ1n) is 50.6. The largest absolute Gasteiger partial charge is 0.208 e. The highest BCUT2D eigenvalue weighted by atomic mass is 15.0. The van der Waals surface area contributed by atoms with Gasteiger partial charge in [0.05, 0.1) is 0 Å². The van der Waals surface area contributed by atoms with Gasteiger partial charge in [-0.05, 0) is 139 Å². The van der Waals surface area contributed by atoms with Crippen LogP contribution in [0.1, 0.15) is 417 Å². The minimum atomic E-state index is 0.0417. The standard InChI is InChI=1S/C120H153N3/c1-7-13-19-25-31-37-49-85-118(86-50-38-32-26-20-14-8-2)109-58-46-43-55-103(109)106-82-73-97(91-112(106)118)64-61-94-67-76-100(77-68-94)115-121-116(101-78-69-95(70-79-101)62-65-98-74-83-107-104-56-44-47-59-110(104)119(113(107)92-98,87-51-39-33-27-21-15-9-3)88-52-40-34-28-22-16-10-4)123-117(122-115)102-80-71-96(72-81-102)63-66-99-75-84-108-105-57-45-48-60-111(105)120(114(108)93-99,89-53-41-35-29-23-17-11-5)90-54-42-36-30-24-18-12-6/h43-48,55-84,91-93H,7-42,49-54,85-90H2,1-6H3/b64-61+,65-62+,66-63+. The van der Waals surface area contributed by atoms with Crippen LogP contribution in [0.4, 0.5) is 0 Å². The van der Waals surface area contributed by atoms with E-state index >= 15 is 0 Å². The van der Waals surface area contributed by atoms with E-state index in [1.165, 1.54) is 358 Å². The Bertz CT molecular complexity index is 4370. The molecule has 0 fully saturated rings. The topological polar surface area (TPSA) is 38.7 Å². The number of fused-ring (bicyclic) bond motifs is 9. The molecule has 0 radical (unpaired) electrons. The van der Waals surface area contributed by atoms with Crippen molar-refractivity contribution in [2.24, 2.45) is 0 Å². The summed E-state index contributed by atoms with van der Waals surface area (Å²) in [5.74, 6) is 1.99. The van der Waals surface area contributed by atoms with Crippen LogP contribution in [0.25, 0.3) is 104 Å². The summed E-state index contributed by atoms with van der Waals surface area (Å²) in [4.78, 5) is 16.1. The van der Waals surface area contributed by atoms with Gasteiger partial charge in [0.1, 0.15) is 0 Å². The molecule has 0 N–H and O–H groups in total. The minimum Gasteiger partial charge on any atom is -0.208 e. The third kappa shape index (κ3) is 24.3. The second-order valence-electron chi connectivity index (χ2n) is 37.7. The second-order valence-corrected chi connectivity index (χ2v) is 37.7. The first-order valence-corrected chi connectivity index (χ1v) is 50.6. The fraction of sp³-hybridized carbons (Fsp3) is 0.475. The van der Waals surface area contributed by atoms with Crippen molar-refractivity contribution in [2.75, 3.05) is 0 Å². The summed E-state index contributed by atoms with van der Waals surface area (Å²) in [5, 5.41) is 0. The Morgan fingerprint density at radius 3 is 0.577 bits per heavy atom. The van der Waals surface area contributed by atoms with Crippen LogP contribution < -0.4 is 0 Å². The molecule has 3 aliphatic rings. The van der Waals surface area contributed by atoms with Gasteiger partial charge in [-0.3, -0.25) is 0 Å². The number of rotatable bonds is 57. The first kappa shape index (κ1) is 91.9. The highest BCUT2D eigenvalue weighted by Gasteiger charge is 2.45. The van der Waals surface area contributed by atoms with Gasteiger partial charge in [-0.25, -0.2) is 15.0 Å². The first-order chi connectivity index (χ1) is 60.7. The zero-order valence-corrected chi connectivity index (χ0v) is 77.3. The molecule has 648 valence electrons. The molecule has 3 heteroatoms. The fourth-order valence-electron chi connectivity index (χ4n) is 21.6. The third-order valence-corrected chi connectivity index (χ3v) is 28.7. The zero-order chi connectivity index (χ0) is 85.0. The van der Waals surface area contributed by atoms with Crippen molar-refractivity contribution in [3.8, 4) is 67.5 Å². The van der Waals surface area contributed by atoms with Crippen molar-refractivity contribution in [1.82, 2.24) is 15.0 Å². The average molecular weight is 1640 g/mol. The quantitative estimate of drug-likeness (QED) is 0.0282. The van der Waals surface area contributed by atoms with E-state index in [1.54, 1.807) is 33.4 Å². The van der Waals surface area contributed by atoms with E-state index in [4.69, 9.17) is 15.0 Å². The summed E-state index contributed by atoms with van der Waals surface area (Å²) < 4.78 is 0. The maximum absolute atomic E-state index is 5.37. The van der Waals surface area contributed by atoms with Crippen molar-refractivity contribution >= 4 is 36.5 Å². The van der Waals surface area contributed by atoms with E-state index < -0.39 is 0 Å². The summed E-state index contributed by atoms with van der Waals surface area (Å²) in [6.07, 6.45) is 77.2. The monoisotopic (exact) mass is 1640 g/mol. The molecule has 0 amide bonds. The number of nitrogens with zero attached hydrogens (tertiary/aromatic N) is 3. The van der Waals surface area contributed by atoms with Crippen LogP contribution in [0.3, 0.4) is 0 Å². The number of hydrogen-bond donors (Lipinski definition) is 0. The van der Waals surface area contributed by atoms with E-state index in [-0.39, 0.29) is 16.2 Å². The normalized spacial score (nSPS) is 13.8. The van der Waals surface area contributed by atoms with Gasteiger partial charge < -0.3 is 0 Å². The molecule has 9 aromatic carbocycles. The highest BCUT2D eigenvalue weighted by molar-refractivity contribution is 5.87. The van der Waals surface area contributed by atoms with Crippen LogP contribution in [-0.2, 0) is 16.2 Å². The minimum absolute atomic E-state index is 0.0417. The summed E-state index contributed by atoms with van der Waals surface area (Å²) in [6, 6.07) is 77.2. The van der Waals surface area contributed by atoms with Gasteiger partial charge in [0.25, 0.3) is 0 Å². The molecule has 3 aliphatic carbocycles. The lowest BCUT2D eigenvalue weighted by atomic mass is 9.70. The molecule has 0 saturated carbocycles. The van der Waals surface area contributed by atoms with E-state index in [9.17, 15) is 0 Å². The Kier molecular flexibility index (Phi) is 36.3. The summed E-state index contributed by atoms with van der Waals surface area (Å²) in [5.41, 5.74) is 28.3. The van der Waals surface area contributed by atoms with Crippen LogP contribution in [0, 0.1) is 0 Å². The van der Waals surface area contributed by atoms with Crippen LogP contribution in [0.5, 0.6) is 0 Å². The molecule has 3 nitrogen and oxygen atoms in total. The second kappa shape index (κ2) is 48.6. The molecular weight excluding hydrogens is 1480 g/mol. The molecule has 1 aromatic heterocycles. The van der Waals surface area contributed by atoms with Crippen molar-refractivity contribution in [3.63, 3.8) is 0 Å². The lowest BCUT2D eigenvalue weighted by Gasteiger charge is -2.33. The predicted molar refractivity (Wildman–Crippen MR) is 537 cm³/mol. The van der Waals surface area contributed by atoms with Crippen LogP contribution in [-0.4, -0.2) is 15.0 Å². The molecule has 0 unspecified atom stereocenters. The van der Waals surface area contributed by atoms with Crippen molar-refractivity contribution in [2.45, 2.75) is 366 Å². The molecule has 0 atom stereocenters. The van der Waals surface area contributed by atoms with Gasteiger partial charge >= 0.3 is 0 Å². The molecule has 10 aromatic rings. The lowest BCUT2D eigenvalue weighted by molar-refractivity contribution is 0.397.